The minimum atomic E-state index is -1.27. The van der Waals surface area contributed by atoms with Crippen molar-refractivity contribution in [3.63, 3.8) is 0 Å². The molecule has 0 saturated carbocycles. The van der Waals surface area contributed by atoms with E-state index < -0.39 is 29.2 Å². The van der Waals surface area contributed by atoms with Crippen LogP contribution in [0.25, 0.3) is 5.57 Å². The number of rotatable bonds is 4. The van der Waals surface area contributed by atoms with E-state index in [0.717, 1.165) is 17.8 Å². The molecule has 1 aromatic heterocycles. The van der Waals surface area contributed by atoms with Crippen molar-refractivity contribution in [2.45, 2.75) is 39.4 Å². The molecule has 2 aromatic rings. The quantitative estimate of drug-likeness (QED) is 0.785. The monoisotopic (exact) mass is 391 g/mol. The molecule has 1 atom stereocenters. The second kappa shape index (κ2) is 7.44. The topological polar surface area (TPSA) is 78.5 Å². The van der Waals surface area contributed by atoms with Crippen molar-refractivity contribution in [2.24, 2.45) is 0 Å². The van der Waals surface area contributed by atoms with Crippen molar-refractivity contribution in [2.75, 3.05) is 13.2 Å². The molecule has 1 amide bonds. The number of fused-ring (bicyclic) bond motifs is 1. The Morgan fingerprint density at radius 2 is 2.11 bits per heavy atom. The lowest BCUT2D eigenvalue weighted by Gasteiger charge is -2.28. The highest BCUT2D eigenvalue weighted by Gasteiger charge is 2.37. The molecule has 0 saturated heterocycles. The summed E-state index contributed by atoms with van der Waals surface area (Å²) in [5.74, 6) is -2.62. The number of halogens is 2. The van der Waals surface area contributed by atoms with Crippen molar-refractivity contribution in [1.82, 2.24) is 15.1 Å². The first-order valence-corrected chi connectivity index (χ1v) is 8.99. The number of ether oxygens (including phenoxy) is 1. The van der Waals surface area contributed by atoms with Crippen molar-refractivity contribution >= 4 is 11.5 Å². The molecule has 0 fully saturated rings. The molecule has 28 heavy (non-hydrogen) atoms. The van der Waals surface area contributed by atoms with E-state index in [9.17, 15) is 18.7 Å². The number of carbonyl (C=O) groups is 1. The van der Waals surface area contributed by atoms with Crippen LogP contribution in [0.1, 0.15) is 48.1 Å². The van der Waals surface area contributed by atoms with E-state index >= 15 is 0 Å². The summed E-state index contributed by atoms with van der Waals surface area (Å²) in [6, 6.07) is 3.02. The molecule has 6 nitrogen and oxygen atoms in total. The third kappa shape index (κ3) is 3.57. The number of aliphatic hydroxyl groups is 1. The number of aromatic amines is 1. The van der Waals surface area contributed by atoms with E-state index in [0.29, 0.717) is 16.8 Å². The van der Waals surface area contributed by atoms with E-state index in [4.69, 9.17) is 4.74 Å². The first-order chi connectivity index (χ1) is 13.2. The maximum Gasteiger partial charge on any atom is 0.257 e. The fourth-order valence-corrected chi connectivity index (χ4v) is 3.42. The molecule has 2 heterocycles. The lowest BCUT2D eigenvalue weighted by molar-refractivity contribution is -0.0514. The van der Waals surface area contributed by atoms with Crippen LogP contribution < -0.4 is 0 Å². The largest absolute Gasteiger partial charge is 0.364 e. The number of nitrogens with zero attached hydrogens (tertiary/aromatic N) is 2. The van der Waals surface area contributed by atoms with E-state index in [1.807, 2.05) is 13.8 Å². The number of nitrogens with one attached hydrogen (secondary N) is 1. The van der Waals surface area contributed by atoms with E-state index in [1.165, 1.54) is 17.2 Å². The van der Waals surface area contributed by atoms with Gasteiger partial charge in [-0.25, -0.2) is 8.78 Å². The summed E-state index contributed by atoms with van der Waals surface area (Å²) in [6.45, 7) is 7.91. The molecule has 0 bridgehead atoms. The number of aryl methyl sites for hydroxylation is 1. The summed E-state index contributed by atoms with van der Waals surface area (Å²) in [7, 11) is 0. The van der Waals surface area contributed by atoms with Gasteiger partial charge in [0.15, 0.2) is 17.9 Å². The van der Waals surface area contributed by atoms with Gasteiger partial charge in [-0.2, -0.15) is 5.10 Å². The number of H-pyrrole nitrogens is 1. The number of aromatic nitrogens is 2. The Balaban J connectivity index is 2.11. The second-order valence-corrected chi connectivity index (χ2v) is 7.40. The fraction of sp³-hybridized carbons (Fsp3) is 0.400. The Morgan fingerprint density at radius 3 is 2.75 bits per heavy atom. The summed E-state index contributed by atoms with van der Waals surface area (Å²) in [5.41, 5.74) is 1.95. The molecular formula is C20H23F2N3O3. The van der Waals surface area contributed by atoms with Gasteiger partial charge in [0.25, 0.3) is 5.91 Å². The smallest absolute Gasteiger partial charge is 0.257 e. The van der Waals surface area contributed by atoms with Crippen LogP contribution >= 0.6 is 0 Å². The van der Waals surface area contributed by atoms with Crippen LogP contribution in [-0.2, 0) is 10.2 Å². The van der Waals surface area contributed by atoms with Crippen LogP contribution in [0.3, 0.4) is 0 Å². The van der Waals surface area contributed by atoms with Crippen molar-refractivity contribution in [3.05, 3.63) is 58.5 Å². The lowest BCUT2D eigenvalue weighted by Crippen LogP contribution is -2.37. The van der Waals surface area contributed by atoms with Gasteiger partial charge in [-0.3, -0.25) is 9.89 Å². The lowest BCUT2D eigenvalue weighted by atomic mass is 9.85. The Hall–Kier alpha value is -2.58. The molecule has 150 valence electrons. The van der Waals surface area contributed by atoms with E-state index in [-0.39, 0.29) is 18.7 Å². The normalized spacial score (nSPS) is 17.0. The van der Waals surface area contributed by atoms with Crippen LogP contribution in [-0.4, -0.2) is 45.6 Å². The Morgan fingerprint density at radius 1 is 1.39 bits per heavy atom. The molecule has 0 radical (unpaired) electrons. The zero-order valence-corrected chi connectivity index (χ0v) is 16.2. The average Bonchev–Trinajstić information content (AvgIpc) is 2.97. The van der Waals surface area contributed by atoms with Crippen LogP contribution in [0.2, 0.25) is 0 Å². The van der Waals surface area contributed by atoms with Crippen LogP contribution in [0, 0.1) is 18.6 Å². The van der Waals surface area contributed by atoms with Gasteiger partial charge in [0, 0.05) is 41.5 Å². The predicted octanol–water partition coefficient (Wildman–Crippen LogP) is 3.13. The summed E-state index contributed by atoms with van der Waals surface area (Å²) < 4.78 is 32.2. The minimum absolute atomic E-state index is 0.0107. The van der Waals surface area contributed by atoms with Crippen LogP contribution in [0.5, 0.6) is 0 Å². The summed E-state index contributed by atoms with van der Waals surface area (Å²) >= 11 is 0. The highest BCUT2D eigenvalue weighted by Crippen LogP contribution is 2.37. The van der Waals surface area contributed by atoms with Gasteiger partial charge in [-0.05, 0) is 32.0 Å². The van der Waals surface area contributed by atoms with Crippen LogP contribution in [0.15, 0.2) is 24.4 Å². The second-order valence-electron chi connectivity index (χ2n) is 7.40. The minimum Gasteiger partial charge on any atom is -0.364 e. The Kier molecular flexibility index (Phi) is 5.36. The highest BCUT2D eigenvalue weighted by molar-refractivity contribution is 5.96. The number of hydrogen-bond acceptors (Lipinski definition) is 4. The molecule has 1 unspecified atom stereocenters. The molecule has 3 rings (SSSR count). The number of carbonyl (C=O) groups excluding carboxylic acids is 1. The number of aliphatic hydroxyl groups excluding tert-OH is 1. The van der Waals surface area contributed by atoms with Gasteiger partial charge in [-0.1, -0.05) is 13.8 Å². The summed E-state index contributed by atoms with van der Waals surface area (Å²) in [5, 5.41) is 17.8. The van der Waals surface area contributed by atoms with E-state index in [1.54, 1.807) is 13.8 Å². The number of hydrogen-bond donors (Lipinski definition) is 2. The van der Waals surface area contributed by atoms with Crippen molar-refractivity contribution in [3.8, 4) is 0 Å². The van der Waals surface area contributed by atoms with Gasteiger partial charge in [0.2, 0.25) is 0 Å². The first-order valence-electron chi connectivity index (χ1n) is 8.99. The molecular weight excluding hydrogens is 368 g/mol. The maximum atomic E-state index is 13.6. The number of benzene rings is 1. The third-order valence-electron chi connectivity index (χ3n) is 4.79. The maximum absolute atomic E-state index is 13.6. The number of amides is 1. The molecule has 0 aliphatic carbocycles. The molecule has 2 N–H and O–H groups in total. The fourth-order valence-electron chi connectivity index (χ4n) is 3.42. The van der Waals surface area contributed by atoms with E-state index in [2.05, 4.69) is 10.2 Å². The zero-order chi connectivity index (χ0) is 20.6. The van der Waals surface area contributed by atoms with Gasteiger partial charge in [-0.15, -0.1) is 0 Å². The molecule has 1 aromatic carbocycles. The summed E-state index contributed by atoms with van der Waals surface area (Å²) in [4.78, 5) is 14.4. The SMILES string of the molecule is CCOC(O)C1=CN(C(=O)c2ccc(F)c(F)c2)CC(C)(C)c2[nH]nc(C)c21. The van der Waals surface area contributed by atoms with Gasteiger partial charge < -0.3 is 14.7 Å². The predicted molar refractivity (Wildman–Crippen MR) is 99.4 cm³/mol. The molecule has 1 aliphatic rings. The standard InChI is InChI=1S/C20H23F2N3O3/c1-5-28-19(27)13-9-25(18(26)12-6-7-14(21)15(22)8-12)10-20(3,4)17-16(13)11(2)23-24-17/h6-9,19,27H,5,10H2,1-4H3,(H,23,24). The van der Waals surface area contributed by atoms with Gasteiger partial charge in [0.05, 0.1) is 11.4 Å². The highest BCUT2D eigenvalue weighted by atomic mass is 19.2. The zero-order valence-electron chi connectivity index (χ0n) is 16.2. The molecule has 0 spiro atoms. The summed E-state index contributed by atoms with van der Waals surface area (Å²) in [6.07, 6.45) is 0.231. The van der Waals surface area contributed by atoms with Crippen LogP contribution in [0.4, 0.5) is 8.78 Å². The Labute approximate surface area is 161 Å². The van der Waals surface area contributed by atoms with Crippen molar-refractivity contribution in [1.29, 1.82) is 0 Å². The Bertz CT molecular complexity index is 937. The molecule has 1 aliphatic heterocycles. The average molecular weight is 391 g/mol. The van der Waals surface area contributed by atoms with Gasteiger partial charge >= 0.3 is 0 Å². The molecule has 8 heteroatoms. The third-order valence-corrected chi connectivity index (χ3v) is 4.79. The first kappa shape index (κ1) is 20.2. The van der Waals surface area contributed by atoms with Crippen molar-refractivity contribution < 1.29 is 23.4 Å². The van der Waals surface area contributed by atoms with Gasteiger partial charge in [0.1, 0.15) is 0 Å².